The summed E-state index contributed by atoms with van der Waals surface area (Å²) in [5.41, 5.74) is 1.66. The molecule has 0 atom stereocenters. The number of carbonyl (C=O) groups is 3. The fraction of sp³-hybridized carbons (Fsp3) is 0.296. The van der Waals surface area contributed by atoms with Crippen LogP contribution in [0, 0.1) is 0 Å². The van der Waals surface area contributed by atoms with E-state index in [9.17, 15) is 14.4 Å². The topological polar surface area (TPSA) is 129 Å². The number of nitrogens with one attached hydrogen (secondary N) is 3. The van der Waals surface area contributed by atoms with Crippen LogP contribution >= 0.6 is 11.6 Å². The Hall–Kier alpha value is -4.22. The zero-order chi connectivity index (χ0) is 28.5. The maximum atomic E-state index is 12.7. The number of benzene rings is 2. The average Bonchev–Trinajstić information content (AvgIpc) is 2.90. The number of nitrogens with zero attached hydrogens (tertiary/aromatic N) is 4. The lowest BCUT2D eigenvalue weighted by molar-refractivity contribution is -0.124. The summed E-state index contributed by atoms with van der Waals surface area (Å²) in [6, 6.07) is 11.8. The molecule has 0 aliphatic heterocycles. The molecule has 0 bridgehead atoms. The molecule has 0 radical (unpaired) electrons. The minimum absolute atomic E-state index is 0.153. The summed E-state index contributed by atoms with van der Waals surface area (Å²) in [6.45, 7) is 2.93. The number of hydrogen-bond acceptors (Lipinski definition) is 9. The van der Waals surface area contributed by atoms with Crippen molar-refractivity contribution in [2.24, 2.45) is 0 Å². The second kappa shape index (κ2) is 13.5. The summed E-state index contributed by atoms with van der Waals surface area (Å²) in [5.74, 6) is -0.488. The Morgan fingerprint density at radius 2 is 1.74 bits per heavy atom. The molecule has 0 aliphatic rings. The van der Waals surface area contributed by atoms with Crippen LogP contribution in [0.5, 0.6) is 5.75 Å². The standard InChI is InChI=1S/C27H32ClN7O4/c1-6-23(36)31-21-15-17(11-12-22(21)39-14-13-34(2)3)30-27-29-16-19(28)25(33-27)32-20-10-8-7-9-18(20)24(37)26(38)35(4)5/h7-12,15-16H,6,13-14H2,1-5H3,(H,31,36)(H2,29,30,32,33). The largest absolute Gasteiger partial charge is 0.490 e. The van der Waals surface area contributed by atoms with Gasteiger partial charge in [0.25, 0.3) is 11.7 Å². The minimum Gasteiger partial charge on any atom is -0.490 e. The highest BCUT2D eigenvalue weighted by molar-refractivity contribution is 6.43. The van der Waals surface area contributed by atoms with E-state index >= 15 is 0 Å². The van der Waals surface area contributed by atoms with Gasteiger partial charge in [0.1, 0.15) is 17.4 Å². The van der Waals surface area contributed by atoms with Gasteiger partial charge in [-0.3, -0.25) is 14.4 Å². The lowest BCUT2D eigenvalue weighted by Crippen LogP contribution is -2.30. The smallest absolute Gasteiger partial charge is 0.294 e. The van der Waals surface area contributed by atoms with Gasteiger partial charge in [0.05, 0.1) is 23.1 Å². The average molecular weight is 554 g/mol. The van der Waals surface area contributed by atoms with Crippen molar-refractivity contribution in [2.45, 2.75) is 13.3 Å². The Balaban J connectivity index is 1.85. The Morgan fingerprint density at radius 3 is 2.44 bits per heavy atom. The zero-order valence-electron chi connectivity index (χ0n) is 22.5. The van der Waals surface area contributed by atoms with E-state index in [1.807, 2.05) is 19.0 Å². The first-order valence-electron chi connectivity index (χ1n) is 12.2. The van der Waals surface area contributed by atoms with Crippen molar-refractivity contribution >= 4 is 58.0 Å². The molecule has 206 valence electrons. The summed E-state index contributed by atoms with van der Waals surface area (Å²) in [4.78, 5) is 48.9. The molecule has 1 aromatic heterocycles. The Kier molecular flexibility index (Phi) is 10.2. The van der Waals surface area contributed by atoms with Crippen LogP contribution in [0.25, 0.3) is 0 Å². The van der Waals surface area contributed by atoms with E-state index in [1.165, 1.54) is 25.2 Å². The highest BCUT2D eigenvalue weighted by Gasteiger charge is 2.21. The second-order valence-corrected chi connectivity index (χ2v) is 9.39. The van der Waals surface area contributed by atoms with Crippen LogP contribution in [-0.2, 0) is 9.59 Å². The number of hydrogen-bond donors (Lipinski definition) is 3. The van der Waals surface area contributed by atoms with E-state index in [-0.39, 0.29) is 28.3 Å². The SMILES string of the molecule is CCC(=O)Nc1cc(Nc2ncc(Cl)c(Nc3ccccc3C(=O)C(=O)N(C)C)n2)ccc1OCCN(C)C. The van der Waals surface area contributed by atoms with Crippen molar-refractivity contribution in [3.8, 4) is 5.75 Å². The molecule has 0 spiro atoms. The Labute approximate surface area is 232 Å². The number of likely N-dealkylation sites (N-methyl/N-ethyl adjacent to an activating group) is 2. The number of halogens is 1. The van der Waals surface area contributed by atoms with Gasteiger partial charge < -0.3 is 30.5 Å². The molecule has 3 N–H and O–H groups in total. The van der Waals surface area contributed by atoms with E-state index < -0.39 is 11.7 Å². The molecule has 0 unspecified atom stereocenters. The number of anilines is 5. The van der Waals surface area contributed by atoms with Crippen molar-refractivity contribution in [2.75, 3.05) is 57.3 Å². The summed E-state index contributed by atoms with van der Waals surface area (Å²) >= 11 is 6.34. The summed E-state index contributed by atoms with van der Waals surface area (Å²) < 4.78 is 5.86. The summed E-state index contributed by atoms with van der Waals surface area (Å²) in [7, 11) is 6.92. The van der Waals surface area contributed by atoms with Crippen molar-refractivity contribution < 1.29 is 19.1 Å². The van der Waals surface area contributed by atoms with Crippen molar-refractivity contribution in [1.82, 2.24) is 19.8 Å². The Bertz CT molecular complexity index is 1350. The summed E-state index contributed by atoms with van der Waals surface area (Å²) in [5, 5.41) is 9.20. The number of para-hydroxylation sites is 1. The van der Waals surface area contributed by atoms with E-state index in [1.54, 1.807) is 49.4 Å². The monoisotopic (exact) mass is 553 g/mol. The van der Waals surface area contributed by atoms with Crippen molar-refractivity contribution in [3.05, 3.63) is 59.2 Å². The molecule has 1 heterocycles. The molecule has 39 heavy (non-hydrogen) atoms. The fourth-order valence-corrected chi connectivity index (χ4v) is 3.43. The van der Waals surface area contributed by atoms with Gasteiger partial charge >= 0.3 is 0 Å². The molecule has 12 heteroatoms. The predicted octanol–water partition coefficient (Wildman–Crippen LogP) is 4.18. The lowest BCUT2D eigenvalue weighted by atomic mass is 10.1. The van der Waals surface area contributed by atoms with E-state index in [2.05, 4.69) is 25.9 Å². The van der Waals surface area contributed by atoms with Gasteiger partial charge in [0.2, 0.25) is 11.9 Å². The molecule has 2 amide bonds. The first-order chi connectivity index (χ1) is 18.6. The van der Waals surface area contributed by atoms with Crippen LogP contribution in [0.15, 0.2) is 48.7 Å². The van der Waals surface area contributed by atoms with Crippen molar-refractivity contribution in [1.29, 1.82) is 0 Å². The maximum Gasteiger partial charge on any atom is 0.294 e. The molecule has 0 aliphatic carbocycles. The normalized spacial score (nSPS) is 10.6. The molecular weight excluding hydrogens is 522 g/mol. The van der Waals surface area contributed by atoms with Crippen LogP contribution in [0.1, 0.15) is 23.7 Å². The number of rotatable bonds is 12. The van der Waals surface area contributed by atoms with Gasteiger partial charge in [-0.2, -0.15) is 4.98 Å². The van der Waals surface area contributed by atoms with Crippen LogP contribution in [0.4, 0.5) is 28.8 Å². The first-order valence-corrected chi connectivity index (χ1v) is 12.6. The highest BCUT2D eigenvalue weighted by Crippen LogP contribution is 2.31. The fourth-order valence-electron chi connectivity index (χ4n) is 3.29. The number of Topliss-reactive ketones (excluding diaryl/α,β-unsaturated/α-hetero) is 1. The van der Waals surface area contributed by atoms with Crippen LogP contribution in [-0.4, -0.2) is 78.7 Å². The van der Waals surface area contributed by atoms with Gasteiger partial charge in [-0.05, 0) is 44.4 Å². The predicted molar refractivity (Wildman–Crippen MR) is 152 cm³/mol. The van der Waals surface area contributed by atoms with Crippen LogP contribution in [0.2, 0.25) is 5.02 Å². The zero-order valence-corrected chi connectivity index (χ0v) is 23.3. The molecule has 0 saturated carbocycles. The maximum absolute atomic E-state index is 12.7. The highest BCUT2D eigenvalue weighted by atomic mass is 35.5. The second-order valence-electron chi connectivity index (χ2n) is 8.98. The number of aromatic nitrogens is 2. The van der Waals surface area contributed by atoms with E-state index in [4.69, 9.17) is 16.3 Å². The van der Waals surface area contributed by atoms with E-state index in [0.717, 1.165) is 0 Å². The Morgan fingerprint density at radius 1 is 1.00 bits per heavy atom. The molecule has 0 saturated heterocycles. The lowest BCUT2D eigenvalue weighted by Gasteiger charge is -2.16. The molecular formula is C27H32ClN7O4. The van der Waals surface area contributed by atoms with Crippen molar-refractivity contribution in [3.63, 3.8) is 0 Å². The van der Waals surface area contributed by atoms with Gasteiger partial charge in [0, 0.05) is 32.7 Å². The van der Waals surface area contributed by atoms with Gasteiger partial charge in [-0.25, -0.2) is 4.98 Å². The van der Waals surface area contributed by atoms with Gasteiger partial charge in [-0.15, -0.1) is 0 Å². The van der Waals surface area contributed by atoms with Crippen LogP contribution < -0.4 is 20.7 Å². The number of carbonyl (C=O) groups excluding carboxylic acids is 3. The number of ketones is 1. The van der Waals surface area contributed by atoms with E-state index in [0.29, 0.717) is 42.4 Å². The minimum atomic E-state index is -0.666. The van der Waals surface area contributed by atoms with Crippen LogP contribution in [0.3, 0.4) is 0 Å². The third kappa shape index (κ3) is 8.13. The number of amides is 2. The molecule has 11 nitrogen and oxygen atoms in total. The molecule has 3 aromatic rings. The third-order valence-electron chi connectivity index (χ3n) is 5.40. The third-order valence-corrected chi connectivity index (χ3v) is 5.67. The van der Waals surface area contributed by atoms with Gasteiger partial charge in [0.15, 0.2) is 5.82 Å². The molecule has 2 aromatic carbocycles. The quantitative estimate of drug-likeness (QED) is 0.223. The summed E-state index contributed by atoms with van der Waals surface area (Å²) in [6.07, 6.45) is 1.72. The van der Waals surface area contributed by atoms with Gasteiger partial charge in [-0.1, -0.05) is 30.7 Å². The first kappa shape index (κ1) is 29.3. The molecule has 0 fully saturated rings. The molecule has 3 rings (SSSR count). The number of ether oxygens (including phenoxy) is 1.